The Morgan fingerprint density at radius 1 is 1.27 bits per heavy atom. The molecule has 5 nitrogen and oxygen atoms in total. The summed E-state index contributed by atoms with van der Waals surface area (Å²) < 4.78 is 0. The zero-order chi connectivity index (χ0) is 10.7. The van der Waals surface area contributed by atoms with E-state index < -0.39 is 0 Å². The third-order valence-electron chi connectivity index (χ3n) is 2.99. The first-order chi connectivity index (χ1) is 7.27. The third kappa shape index (κ3) is 2.47. The molecule has 2 atom stereocenters. The fourth-order valence-electron chi connectivity index (χ4n) is 1.86. The summed E-state index contributed by atoms with van der Waals surface area (Å²) in [5, 5.41) is 8.62. The van der Waals surface area contributed by atoms with Gasteiger partial charge in [-0.15, -0.1) is 0 Å². The van der Waals surface area contributed by atoms with Gasteiger partial charge in [0.1, 0.15) is 6.04 Å². The minimum Gasteiger partial charge on any atom is -0.354 e. The van der Waals surface area contributed by atoms with E-state index in [1.54, 1.807) is 0 Å². The van der Waals surface area contributed by atoms with E-state index in [1.165, 1.54) is 0 Å². The van der Waals surface area contributed by atoms with Crippen molar-refractivity contribution in [3.8, 4) is 0 Å². The van der Waals surface area contributed by atoms with Crippen LogP contribution < -0.4 is 16.0 Å². The van der Waals surface area contributed by atoms with Crippen molar-refractivity contribution in [3.05, 3.63) is 0 Å². The standard InChI is InChI=1S/C10H17N3O2/c14-9-8(3-1-2-5-12-9)13-10(15)7-4-6-11-7/h7-8,11H,1-6H2,(H,12,14)(H,13,15)/t7-,8?/m1/s1. The van der Waals surface area contributed by atoms with E-state index in [4.69, 9.17) is 0 Å². The van der Waals surface area contributed by atoms with Crippen molar-refractivity contribution in [1.82, 2.24) is 16.0 Å². The molecule has 2 fully saturated rings. The van der Waals surface area contributed by atoms with Crippen molar-refractivity contribution < 1.29 is 9.59 Å². The van der Waals surface area contributed by atoms with Crippen LogP contribution in [0.2, 0.25) is 0 Å². The molecule has 2 aliphatic rings. The third-order valence-corrected chi connectivity index (χ3v) is 2.99. The fourth-order valence-corrected chi connectivity index (χ4v) is 1.86. The summed E-state index contributed by atoms with van der Waals surface area (Å²) in [5.74, 6) is -0.0801. The molecule has 1 unspecified atom stereocenters. The fraction of sp³-hybridized carbons (Fsp3) is 0.800. The first kappa shape index (κ1) is 10.4. The summed E-state index contributed by atoms with van der Waals surface area (Å²) in [4.78, 5) is 23.1. The molecule has 0 saturated carbocycles. The second-order valence-corrected chi connectivity index (χ2v) is 4.14. The molecular weight excluding hydrogens is 194 g/mol. The van der Waals surface area contributed by atoms with Gasteiger partial charge in [-0.3, -0.25) is 9.59 Å². The maximum Gasteiger partial charge on any atom is 0.242 e. The van der Waals surface area contributed by atoms with E-state index >= 15 is 0 Å². The summed E-state index contributed by atoms with van der Waals surface area (Å²) in [5.41, 5.74) is 0. The Morgan fingerprint density at radius 3 is 2.73 bits per heavy atom. The minimum atomic E-state index is -0.331. The summed E-state index contributed by atoms with van der Waals surface area (Å²) in [6.07, 6.45) is 3.62. The van der Waals surface area contributed by atoms with Gasteiger partial charge in [-0.25, -0.2) is 0 Å². The Morgan fingerprint density at radius 2 is 2.07 bits per heavy atom. The van der Waals surface area contributed by atoms with Crippen molar-refractivity contribution in [3.63, 3.8) is 0 Å². The van der Waals surface area contributed by atoms with Crippen molar-refractivity contribution in [2.24, 2.45) is 0 Å². The first-order valence-electron chi connectivity index (χ1n) is 5.59. The van der Waals surface area contributed by atoms with E-state index in [0.717, 1.165) is 38.8 Å². The molecule has 0 aromatic heterocycles. The average Bonchev–Trinajstić information content (AvgIpc) is 2.29. The highest BCUT2D eigenvalue weighted by atomic mass is 16.2. The second kappa shape index (κ2) is 4.61. The maximum absolute atomic E-state index is 11.6. The molecule has 2 amide bonds. The normalized spacial score (nSPS) is 31.1. The largest absolute Gasteiger partial charge is 0.354 e. The Hall–Kier alpha value is -1.10. The van der Waals surface area contributed by atoms with Crippen LogP contribution in [0.1, 0.15) is 25.7 Å². The lowest BCUT2D eigenvalue weighted by Crippen LogP contribution is -2.57. The van der Waals surface area contributed by atoms with Crippen LogP contribution in [-0.4, -0.2) is 37.0 Å². The molecule has 2 saturated heterocycles. The highest BCUT2D eigenvalue weighted by Crippen LogP contribution is 2.07. The summed E-state index contributed by atoms with van der Waals surface area (Å²) in [6, 6.07) is -0.413. The maximum atomic E-state index is 11.6. The summed E-state index contributed by atoms with van der Waals surface area (Å²) >= 11 is 0. The van der Waals surface area contributed by atoms with Crippen molar-refractivity contribution in [2.75, 3.05) is 13.1 Å². The van der Waals surface area contributed by atoms with Crippen molar-refractivity contribution in [1.29, 1.82) is 0 Å². The van der Waals surface area contributed by atoms with Crippen molar-refractivity contribution >= 4 is 11.8 Å². The average molecular weight is 211 g/mol. The molecule has 15 heavy (non-hydrogen) atoms. The molecule has 0 aromatic carbocycles. The minimum absolute atomic E-state index is 0.0386. The lowest BCUT2D eigenvalue weighted by molar-refractivity contribution is -0.130. The first-order valence-corrected chi connectivity index (χ1v) is 5.59. The van der Waals surface area contributed by atoms with E-state index in [2.05, 4.69) is 16.0 Å². The smallest absolute Gasteiger partial charge is 0.242 e. The molecule has 0 aliphatic carbocycles. The zero-order valence-electron chi connectivity index (χ0n) is 8.71. The van der Waals surface area contributed by atoms with E-state index in [0.29, 0.717) is 0 Å². The molecule has 2 heterocycles. The van der Waals surface area contributed by atoms with Crippen LogP contribution >= 0.6 is 0 Å². The molecule has 0 bridgehead atoms. The Balaban J connectivity index is 1.85. The Bertz CT molecular complexity index is 263. The Kier molecular flexibility index (Phi) is 3.20. The highest BCUT2D eigenvalue weighted by Gasteiger charge is 2.29. The van der Waals surface area contributed by atoms with Gasteiger partial charge in [0.15, 0.2) is 0 Å². The lowest BCUT2D eigenvalue weighted by Gasteiger charge is -2.28. The number of rotatable bonds is 2. The molecular formula is C10H17N3O2. The number of carbonyl (C=O) groups excluding carboxylic acids is 2. The number of amides is 2. The number of nitrogens with one attached hydrogen (secondary N) is 3. The SMILES string of the molecule is O=C1NCCCCC1NC(=O)[C@H]1CCN1. The molecule has 3 N–H and O–H groups in total. The summed E-state index contributed by atoms with van der Waals surface area (Å²) in [7, 11) is 0. The molecule has 5 heteroatoms. The molecule has 0 spiro atoms. The predicted molar refractivity (Wildman–Crippen MR) is 55.2 cm³/mol. The summed E-state index contributed by atoms with van der Waals surface area (Å²) in [6.45, 7) is 1.63. The number of carbonyl (C=O) groups is 2. The quantitative estimate of drug-likeness (QED) is 0.556. The number of hydrogen-bond donors (Lipinski definition) is 3. The van der Waals surface area contributed by atoms with Gasteiger partial charge in [0, 0.05) is 6.54 Å². The van der Waals surface area contributed by atoms with Gasteiger partial charge in [-0.1, -0.05) is 0 Å². The predicted octanol–water partition coefficient (Wildman–Crippen LogP) is -0.867. The molecule has 2 rings (SSSR count). The van der Waals surface area contributed by atoms with Crippen LogP contribution in [0, 0.1) is 0 Å². The van der Waals surface area contributed by atoms with Crippen LogP contribution in [0.5, 0.6) is 0 Å². The lowest BCUT2D eigenvalue weighted by atomic mass is 10.1. The van der Waals surface area contributed by atoms with Gasteiger partial charge < -0.3 is 16.0 Å². The highest BCUT2D eigenvalue weighted by molar-refractivity contribution is 5.90. The number of hydrogen-bond acceptors (Lipinski definition) is 3. The van der Waals surface area contributed by atoms with E-state index in [9.17, 15) is 9.59 Å². The molecule has 0 aromatic rings. The van der Waals surface area contributed by atoms with Crippen LogP contribution in [0.4, 0.5) is 0 Å². The van der Waals surface area contributed by atoms with E-state index in [1.807, 2.05) is 0 Å². The molecule has 84 valence electrons. The van der Waals surface area contributed by atoms with Crippen LogP contribution in [-0.2, 0) is 9.59 Å². The van der Waals surface area contributed by atoms with Gasteiger partial charge in [0.05, 0.1) is 6.04 Å². The molecule has 2 aliphatic heterocycles. The van der Waals surface area contributed by atoms with Gasteiger partial charge in [-0.2, -0.15) is 0 Å². The van der Waals surface area contributed by atoms with Gasteiger partial charge in [-0.05, 0) is 32.2 Å². The topological polar surface area (TPSA) is 70.2 Å². The second-order valence-electron chi connectivity index (χ2n) is 4.14. The van der Waals surface area contributed by atoms with Crippen LogP contribution in [0.3, 0.4) is 0 Å². The van der Waals surface area contributed by atoms with Crippen molar-refractivity contribution in [2.45, 2.75) is 37.8 Å². The molecule has 0 radical (unpaired) electrons. The Labute approximate surface area is 89.0 Å². The monoisotopic (exact) mass is 211 g/mol. The van der Waals surface area contributed by atoms with Gasteiger partial charge in [0.2, 0.25) is 11.8 Å². The van der Waals surface area contributed by atoms with Crippen LogP contribution in [0.25, 0.3) is 0 Å². The van der Waals surface area contributed by atoms with E-state index in [-0.39, 0.29) is 23.9 Å². The zero-order valence-corrected chi connectivity index (χ0v) is 8.71. The van der Waals surface area contributed by atoms with Crippen LogP contribution in [0.15, 0.2) is 0 Å². The van der Waals surface area contributed by atoms with Gasteiger partial charge in [0.25, 0.3) is 0 Å². The van der Waals surface area contributed by atoms with Gasteiger partial charge >= 0.3 is 0 Å².